The molecule has 0 aromatic carbocycles. The molecule has 1 aliphatic heterocycles. The number of hydrogen-bond donors (Lipinski definition) is 2. The molecule has 11 heteroatoms. The molecule has 1 amide bonds. The van der Waals surface area contributed by atoms with Crippen LogP contribution in [-0.4, -0.2) is 48.5 Å². The Balaban J connectivity index is 1.57. The number of carbonyl (C=O) groups is 1. The van der Waals surface area contributed by atoms with Crippen LogP contribution in [0.25, 0.3) is 0 Å². The van der Waals surface area contributed by atoms with E-state index in [1.807, 2.05) is 0 Å². The third-order valence-electron chi connectivity index (χ3n) is 6.39. The first kappa shape index (κ1) is 24.4. The molecule has 0 saturated carbocycles. The molecule has 35 heavy (non-hydrogen) atoms. The van der Waals surface area contributed by atoms with Gasteiger partial charge in [-0.25, -0.2) is 14.7 Å². The molecule has 1 unspecified atom stereocenters. The van der Waals surface area contributed by atoms with E-state index in [4.69, 9.17) is 4.74 Å². The summed E-state index contributed by atoms with van der Waals surface area (Å²) in [6, 6.07) is 12.7. The maximum atomic E-state index is 13.1. The van der Waals surface area contributed by atoms with Crippen molar-refractivity contribution in [3.8, 4) is 5.88 Å². The molecule has 4 heterocycles. The highest BCUT2D eigenvalue weighted by atomic mass is 32.2. The summed E-state index contributed by atoms with van der Waals surface area (Å²) in [7, 11) is -2.76. The van der Waals surface area contributed by atoms with Crippen molar-refractivity contribution in [3.05, 3.63) is 60.3 Å². The number of nitrogens with one attached hydrogen (secondary N) is 2. The fourth-order valence-electron chi connectivity index (χ4n) is 3.99. The second-order valence-electron chi connectivity index (χ2n) is 8.86. The Kier molecular flexibility index (Phi) is 6.62. The Morgan fingerprint density at radius 3 is 2.49 bits per heavy atom. The molecular weight excluding hydrogens is 468 g/mol. The molecule has 1 saturated heterocycles. The van der Waals surface area contributed by atoms with Crippen LogP contribution < -0.4 is 19.7 Å². The number of sulfonamides is 1. The zero-order valence-electron chi connectivity index (χ0n) is 20.0. The number of aromatic nitrogens is 3. The van der Waals surface area contributed by atoms with Gasteiger partial charge in [0.25, 0.3) is 15.9 Å². The Bertz CT molecular complexity index is 1350. The molecule has 2 N–H and O–H groups in total. The molecule has 0 bridgehead atoms. The van der Waals surface area contributed by atoms with E-state index in [1.165, 1.54) is 19.2 Å². The highest BCUT2D eigenvalue weighted by Crippen LogP contribution is 2.38. The summed E-state index contributed by atoms with van der Waals surface area (Å²) < 4.78 is 33.3. The number of amides is 1. The highest BCUT2D eigenvalue weighted by molar-refractivity contribution is 7.90. The Hall–Kier alpha value is -3.73. The van der Waals surface area contributed by atoms with Crippen molar-refractivity contribution in [2.24, 2.45) is 5.92 Å². The molecule has 4 rings (SSSR count). The molecule has 0 aliphatic carbocycles. The van der Waals surface area contributed by atoms with Crippen LogP contribution >= 0.6 is 0 Å². The SMILES string of the molecule is COc1cccc(Nc2cccc(S(=O)(=O)NC(=O)c3cccnc3N3CCC(C)C3(C)C)n2)n1. The fourth-order valence-corrected chi connectivity index (χ4v) is 4.93. The van der Waals surface area contributed by atoms with Crippen LogP contribution in [0.1, 0.15) is 37.6 Å². The minimum Gasteiger partial charge on any atom is -0.481 e. The van der Waals surface area contributed by atoms with E-state index >= 15 is 0 Å². The van der Waals surface area contributed by atoms with E-state index in [1.54, 1.807) is 42.6 Å². The van der Waals surface area contributed by atoms with Crippen molar-refractivity contribution in [2.45, 2.75) is 37.8 Å². The second kappa shape index (κ2) is 9.49. The van der Waals surface area contributed by atoms with Crippen molar-refractivity contribution in [1.82, 2.24) is 19.7 Å². The quantitative estimate of drug-likeness (QED) is 0.506. The smallest absolute Gasteiger partial charge is 0.281 e. The Labute approximate surface area is 204 Å². The van der Waals surface area contributed by atoms with E-state index < -0.39 is 15.9 Å². The van der Waals surface area contributed by atoms with Gasteiger partial charge in [-0.2, -0.15) is 13.4 Å². The number of pyridine rings is 3. The van der Waals surface area contributed by atoms with E-state index in [0.29, 0.717) is 23.4 Å². The number of nitrogens with zero attached hydrogens (tertiary/aromatic N) is 4. The monoisotopic (exact) mass is 496 g/mol. The van der Waals surface area contributed by atoms with Crippen LogP contribution in [0.4, 0.5) is 17.5 Å². The van der Waals surface area contributed by atoms with Crippen molar-refractivity contribution in [1.29, 1.82) is 0 Å². The third kappa shape index (κ3) is 5.04. The maximum absolute atomic E-state index is 13.1. The van der Waals surface area contributed by atoms with Crippen molar-refractivity contribution in [2.75, 3.05) is 23.9 Å². The summed E-state index contributed by atoms with van der Waals surface area (Å²) in [5, 5.41) is 2.63. The van der Waals surface area contributed by atoms with Crippen LogP contribution in [0.2, 0.25) is 0 Å². The Morgan fingerprint density at radius 1 is 1.09 bits per heavy atom. The van der Waals surface area contributed by atoms with Crippen molar-refractivity contribution >= 4 is 33.4 Å². The molecule has 0 radical (unpaired) electrons. The summed E-state index contributed by atoms with van der Waals surface area (Å²) in [5.74, 6) is 1.16. The van der Waals surface area contributed by atoms with Crippen LogP contribution in [0.3, 0.4) is 0 Å². The van der Waals surface area contributed by atoms with Gasteiger partial charge in [0.1, 0.15) is 17.5 Å². The van der Waals surface area contributed by atoms with Crippen LogP contribution in [-0.2, 0) is 10.0 Å². The molecule has 184 valence electrons. The first-order chi connectivity index (χ1) is 16.6. The first-order valence-electron chi connectivity index (χ1n) is 11.2. The zero-order chi connectivity index (χ0) is 25.2. The van der Waals surface area contributed by atoms with Gasteiger partial charge in [0.2, 0.25) is 5.88 Å². The number of rotatable bonds is 7. The molecule has 1 fully saturated rings. The van der Waals surface area contributed by atoms with Crippen LogP contribution in [0, 0.1) is 5.92 Å². The molecule has 1 atom stereocenters. The minimum absolute atomic E-state index is 0.188. The molecule has 10 nitrogen and oxygen atoms in total. The molecule has 1 aliphatic rings. The third-order valence-corrected chi connectivity index (χ3v) is 7.62. The normalized spacial score (nSPS) is 17.1. The molecular formula is C24H28N6O4S. The summed E-state index contributed by atoms with van der Waals surface area (Å²) in [5.41, 5.74) is -0.0362. The van der Waals surface area contributed by atoms with E-state index in [9.17, 15) is 13.2 Å². The number of anilines is 3. The van der Waals surface area contributed by atoms with Gasteiger partial charge in [0.05, 0.1) is 12.7 Å². The number of hydrogen-bond acceptors (Lipinski definition) is 9. The molecule has 3 aromatic rings. The van der Waals surface area contributed by atoms with Gasteiger partial charge < -0.3 is 15.0 Å². The van der Waals surface area contributed by atoms with Gasteiger partial charge in [-0.3, -0.25) is 4.79 Å². The predicted octanol–water partition coefficient (Wildman–Crippen LogP) is 3.37. The fraction of sp³-hybridized carbons (Fsp3) is 0.333. The van der Waals surface area contributed by atoms with E-state index in [-0.39, 0.29) is 21.9 Å². The number of methoxy groups -OCH3 is 1. The maximum Gasteiger partial charge on any atom is 0.281 e. The summed E-state index contributed by atoms with van der Waals surface area (Å²) in [4.78, 5) is 28.0. The lowest BCUT2D eigenvalue weighted by Gasteiger charge is -2.36. The highest BCUT2D eigenvalue weighted by Gasteiger charge is 2.40. The molecule has 3 aromatic heterocycles. The lowest BCUT2D eigenvalue weighted by atomic mass is 9.90. The summed E-state index contributed by atoms with van der Waals surface area (Å²) in [6.07, 6.45) is 2.55. The summed E-state index contributed by atoms with van der Waals surface area (Å²) >= 11 is 0. The van der Waals surface area contributed by atoms with E-state index in [0.717, 1.165) is 13.0 Å². The second-order valence-corrected chi connectivity index (χ2v) is 10.5. The van der Waals surface area contributed by atoms with Crippen molar-refractivity contribution < 1.29 is 17.9 Å². The summed E-state index contributed by atoms with van der Waals surface area (Å²) in [6.45, 7) is 7.07. The van der Waals surface area contributed by atoms with Gasteiger partial charge >= 0.3 is 0 Å². The predicted molar refractivity (Wildman–Crippen MR) is 132 cm³/mol. The first-order valence-corrected chi connectivity index (χ1v) is 12.6. The standard InChI is InChI=1S/C24H28N6O4S/c1-16-13-15-30(24(16,2)3)22-17(8-7-14-25-22)23(31)29-35(32,33)21-12-6-10-19(28-21)26-18-9-5-11-20(27-18)34-4/h5-12,14,16H,13,15H2,1-4H3,(H,29,31)(H,26,27,28). The van der Waals surface area contributed by atoms with Crippen LogP contribution in [0.5, 0.6) is 5.88 Å². The van der Waals surface area contributed by atoms with Gasteiger partial charge in [0, 0.05) is 24.3 Å². The molecule has 0 spiro atoms. The van der Waals surface area contributed by atoms with Gasteiger partial charge in [-0.05, 0) is 56.5 Å². The number of ether oxygens (including phenoxy) is 1. The minimum atomic E-state index is -4.26. The van der Waals surface area contributed by atoms with Gasteiger partial charge in [-0.15, -0.1) is 0 Å². The van der Waals surface area contributed by atoms with Crippen molar-refractivity contribution in [3.63, 3.8) is 0 Å². The lowest BCUT2D eigenvalue weighted by molar-refractivity contribution is 0.0981. The average molecular weight is 497 g/mol. The van der Waals surface area contributed by atoms with Gasteiger partial charge in [-0.1, -0.05) is 19.1 Å². The van der Waals surface area contributed by atoms with Crippen LogP contribution in [0.15, 0.2) is 59.8 Å². The topological polar surface area (TPSA) is 126 Å². The number of carbonyl (C=O) groups excluding carboxylic acids is 1. The Morgan fingerprint density at radius 2 is 1.80 bits per heavy atom. The van der Waals surface area contributed by atoms with E-state index in [2.05, 4.69) is 50.7 Å². The zero-order valence-corrected chi connectivity index (χ0v) is 20.8. The largest absolute Gasteiger partial charge is 0.481 e. The average Bonchev–Trinajstić information content (AvgIpc) is 3.11. The van der Waals surface area contributed by atoms with Gasteiger partial charge in [0.15, 0.2) is 5.03 Å². The lowest BCUT2D eigenvalue weighted by Crippen LogP contribution is -2.43.